The standard InChI is InChI=1S/C24H22O6/c1-29-18-9-4-15(5-10-18)3-6-17-13-20(22(26)14-21(17)25)24(28)23(27)16-7-11-19(30-2)12-8-16/h4-5,7-14,25-26H,3,6H2,1-2H3. The van der Waals surface area contributed by atoms with Gasteiger partial charge in [0.25, 0.3) is 0 Å². The zero-order valence-electron chi connectivity index (χ0n) is 16.7. The number of phenolic OH excluding ortho intramolecular Hbond substituents is 2. The summed E-state index contributed by atoms with van der Waals surface area (Å²) in [5.41, 5.74) is 1.53. The van der Waals surface area contributed by atoms with Gasteiger partial charge in [0, 0.05) is 11.6 Å². The van der Waals surface area contributed by atoms with Gasteiger partial charge >= 0.3 is 0 Å². The third-order valence-corrected chi connectivity index (χ3v) is 4.84. The molecule has 0 aliphatic carbocycles. The van der Waals surface area contributed by atoms with E-state index in [2.05, 4.69) is 0 Å². The maximum absolute atomic E-state index is 12.7. The Labute approximate surface area is 174 Å². The fourth-order valence-corrected chi connectivity index (χ4v) is 3.07. The average Bonchev–Trinajstić information content (AvgIpc) is 2.78. The van der Waals surface area contributed by atoms with E-state index in [1.807, 2.05) is 24.3 Å². The molecule has 154 valence electrons. The molecule has 0 aliphatic heterocycles. The molecule has 6 heteroatoms. The highest BCUT2D eigenvalue weighted by Gasteiger charge is 2.23. The van der Waals surface area contributed by atoms with Gasteiger partial charge in [0.2, 0.25) is 11.6 Å². The third-order valence-electron chi connectivity index (χ3n) is 4.84. The Balaban J connectivity index is 1.80. The molecule has 0 amide bonds. The van der Waals surface area contributed by atoms with Crippen molar-refractivity contribution in [1.29, 1.82) is 0 Å². The normalized spacial score (nSPS) is 10.5. The highest BCUT2D eigenvalue weighted by atomic mass is 16.5. The predicted molar refractivity (Wildman–Crippen MR) is 112 cm³/mol. The summed E-state index contributed by atoms with van der Waals surface area (Å²) < 4.78 is 10.2. The molecule has 0 saturated carbocycles. The Hall–Kier alpha value is -3.80. The second-order valence-corrected chi connectivity index (χ2v) is 6.73. The highest BCUT2D eigenvalue weighted by Crippen LogP contribution is 2.30. The van der Waals surface area contributed by atoms with Gasteiger partial charge in [-0.25, -0.2) is 0 Å². The van der Waals surface area contributed by atoms with Crippen molar-refractivity contribution >= 4 is 11.6 Å². The van der Waals surface area contributed by atoms with Gasteiger partial charge in [0.05, 0.1) is 19.8 Å². The van der Waals surface area contributed by atoms with Gasteiger partial charge in [-0.05, 0) is 66.4 Å². The minimum absolute atomic E-state index is 0.130. The summed E-state index contributed by atoms with van der Waals surface area (Å²) in [7, 11) is 3.10. The summed E-state index contributed by atoms with van der Waals surface area (Å²) >= 11 is 0. The van der Waals surface area contributed by atoms with Gasteiger partial charge in [-0.15, -0.1) is 0 Å². The van der Waals surface area contributed by atoms with Crippen molar-refractivity contribution in [1.82, 2.24) is 0 Å². The first kappa shape index (κ1) is 20.9. The Morgan fingerprint density at radius 2 is 1.30 bits per heavy atom. The van der Waals surface area contributed by atoms with Crippen LogP contribution in [0.2, 0.25) is 0 Å². The fourth-order valence-electron chi connectivity index (χ4n) is 3.07. The van der Waals surface area contributed by atoms with E-state index in [9.17, 15) is 19.8 Å². The number of aryl methyl sites for hydroxylation is 2. The zero-order chi connectivity index (χ0) is 21.7. The Morgan fingerprint density at radius 3 is 1.87 bits per heavy atom. The molecule has 0 heterocycles. The topological polar surface area (TPSA) is 93.1 Å². The molecule has 0 spiro atoms. The maximum atomic E-state index is 12.7. The maximum Gasteiger partial charge on any atom is 0.237 e. The van der Waals surface area contributed by atoms with Crippen molar-refractivity contribution in [3.8, 4) is 23.0 Å². The Morgan fingerprint density at radius 1 is 0.733 bits per heavy atom. The molecule has 0 bridgehead atoms. The number of aromatic hydroxyl groups is 2. The van der Waals surface area contributed by atoms with Crippen LogP contribution < -0.4 is 9.47 Å². The van der Waals surface area contributed by atoms with Crippen LogP contribution in [0, 0.1) is 0 Å². The smallest absolute Gasteiger partial charge is 0.237 e. The number of methoxy groups -OCH3 is 2. The van der Waals surface area contributed by atoms with Gasteiger partial charge in [-0.1, -0.05) is 12.1 Å². The van der Waals surface area contributed by atoms with Gasteiger partial charge in [-0.2, -0.15) is 0 Å². The number of ether oxygens (including phenoxy) is 2. The van der Waals surface area contributed by atoms with Gasteiger partial charge < -0.3 is 19.7 Å². The van der Waals surface area contributed by atoms with E-state index < -0.39 is 17.3 Å². The monoisotopic (exact) mass is 406 g/mol. The van der Waals surface area contributed by atoms with Crippen LogP contribution in [0.5, 0.6) is 23.0 Å². The first-order valence-electron chi connectivity index (χ1n) is 9.33. The molecule has 0 radical (unpaired) electrons. The summed E-state index contributed by atoms with van der Waals surface area (Å²) in [6.07, 6.45) is 1.03. The van der Waals surface area contributed by atoms with Gasteiger partial charge in [-0.3, -0.25) is 9.59 Å². The van der Waals surface area contributed by atoms with Crippen molar-refractivity contribution in [3.63, 3.8) is 0 Å². The van der Waals surface area contributed by atoms with E-state index in [0.717, 1.165) is 17.4 Å². The quantitative estimate of drug-likeness (QED) is 0.434. The number of hydrogen-bond donors (Lipinski definition) is 2. The second-order valence-electron chi connectivity index (χ2n) is 6.73. The lowest BCUT2D eigenvalue weighted by molar-refractivity contribution is 0.0815. The first-order chi connectivity index (χ1) is 14.4. The molecule has 0 aliphatic rings. The molecule has 0 saturated heterocycles. The zero-order valence-corrected chi connectivity index (χ0v) is 16.7. The van der Waals surface area contributed by atoms with E-state index in [0.29, 0.717) is 24.2 Å². The van der Waals surface area contributed by atoms with E-state index in [1.165, 1.54) is 25.3 Å². The lowest BCUT2D eigenvalue weighted by Gasteiger charge is -2.10. The molecule has 3 rings (SSSR count). The van der Waals surface area contributed by atoms with Crippen molar-refractivity contribution in [2.24, 2.45) is 0 Å². The van der Waals surface area contributed by atoms with Crippen LogP contribution in [0.25, 0.3) is 0 Å². The average molecular weight is 406 g/mol. The lowest BCUT2D eigenvalue weighted by atomic mass is 9.96. The van der Waals surface area contributed by atoms with Crippen LogP contribution in [0.15, 0.2) is 60.7 Å². The Kier molecular flexibility index (Phi) is 6.37. The molecule has 30 heavy (non-hydrogen) atoms. The fraction of sp³-hybridized carbons (Fsp3) is 0.167. The molecule has 0 atom stereocenters. The Bertz CT molecular complexity index is 1050. The molecule has 6 nitrogen and oxygen atoms in total. The first-order valence-corrected chi connectivity index (χ1v) is 9.33. The van der Waals surface area contributed by atoms with Crippen molar-refractivity contribution in [2.45, 2.75) is 12.8 Å². The number of carbonyl (C=O) groups excluding carboxylic acids is 2. The molecule has 3 aromatic rings. The largest absolute Gasteiger partial charge is 0.508 e. The summed E-state index contributed by atoms with van der Waals surface area (Å²) in [5.74, 6) is -0.853. The molecular formula is C24H22O6. The number of carbonyl (C=O) groups is 2. The van der Waals surface area contributed by atoms with Gasteiger partial charge in [0.15, 0.2) is 0 Å². The van der Waals surface area contributed by atoms with Crippen LogP contribution in [0.3, 0.4) is 0 Å². The molecular weight excluding hydrogens is 384 g/mol. The highest BCUT2D eigenvalue weighted by molar-refractivity contribution is 6.49. The van der Waals surface area contributed by atoms with Crippen molar-refractivity contribution in [3.05, 3.63) is 82.9 Å². The summed E-state index contributed by atoms with van der Waals surface area (Å²) in [5, 5.41) is 20.3. The van der Waals surface area contributed by atoms with Gasteiger partial charge in [0.1, 0.15) is 23.0 Å². The van der Waals surface area contributed by atoms with Crippen LogP contribution in [-0.2, 0) is 12.8 Å². The lowest BCUT2D eigenvalue weighted by Crippen LogP contribution is -2.15. The second kappa shape index (κ2) is 9.13. The summed E-state index contributed by atoms with van der Waals surface area (Å²) in [4.78, 5) is 25.2. The molecule has 0 unspecified atom stereocenters. The van der Waals surface area contributed by atoms with E-state index in [1.54, 1.807) is 19.2 Å². The van der Waals surface area contributed by atoms with E-state index >= 15 is 0 Å². The van der Waals surface area contributed by atoms with Crippen molar-refractivity contribution in [2.75, 3.05) is 14.2 Å². The minimum Gasteiger partial charge on any atom is -0.508 e. The van der Waals surface area contributed by atoms with Crippen LogP contribution in [-0.4, -0.2) is 36.0 Å². The minimum atomic E-state index is -0.844. The van der Waals surface area contributed by atoms with E-state index in [4.69, 9.17) is 9.47 Å². The molecule has 3 aromatic carbocycles. The molecule has 0 fully saturated rings. The molecule has 0 aromatic heterocycles. The number of benzene rings is 3. The van der Waals surface area contributed by atoms with E-state index in [-0.39, 0.29) is 16.9 Å². The number of rotatable bonds is 8. The van der Waals surface area contributed by atoms with Crippen molar-refractivity contribution < 1.29 is 29.3 Å². The van der Waals surface area contributed by atoms with Crippen LogP contribution >= 0.6 is 0 Å². The van der Waals surface area contributed by atoms with Crippen LogP contribution in [0.1, 0.15) is 31.8 Å². The van der Waals surface area contributed by atoms with Crippen LogP contribution in [0.4, 0.5) is 0 Å². The summed E-state index contributed by atoms with van der Waals surface area (Å²) in [6.45, 7) is 0. The SMILES string of the molecule is COc1ccc(CCc2cc(C(=O)C(=O)c3ccc(OC)cc3)c(O)cc2O)cc1. The number of hydrogen-bond acceptors (Lipinski definition) is 6. The number of phenols is 2. The third kappa shape index (κ3) is 4.60. The molecule has 2 N–H and O–H groups in total. The number of ketones is 2. The number of Topliss-reactive ketones (excluding diaryl/α,β-unsaturated/α-hetero) is 2. The predicted octanol–water partition coefficient (Wildman–Crippen LogP) is 3.97. The summed E-state index contributed by atoms with van der Waals surface area (Å²) in [6, 6.07) is 16.1.